The van der Waals surface area contributed by atoms with Gasteiger partial charge in [-0.3, -0.25) is 9.59 Å². The molecule has 0 aromatic heterocycles. The molecule has 14 heteroatoms. The van der Waals surface area contributed by atoms with Gasteiger partial charge in [-0.05, 0) is 102 Å². The first-order chi connectivity index (χ1) is 28.4. The van der Waals surface area contributed by atoms with Gasteiger partial charge >= 0.3 is 24.2 Å². The Bertz CT molecular complexity index is 1690. The molecule has 0 saturated carbocycles. The summed E-state index contributed by atoms with van der Waals surface area (Å²) in [7, 11) is 1.27. The number of amides is 4. The second-order valence-electron chi connectivity index (χ2n) is 17.3. The van der Waals surface area contributed by atoms with Gasteiger partial charge in [0.15, 0.2) is 5.78 Å². The maximum atomic E-state index is 14.2. The lowest BCUT2D eigenvalue weighted by Crippen LogP contribution is -2.46. The summed E-state index contributed by atoms with van der Waals surface area (Å²) < 4.78 is 21.4. The molecule has 60 heavy (non-hydrogen) atoms. The number of ether oxygens (including phenoxy) is 4. The van der Waals surface area contributed by atoms with E-state index in [1.54, 1.807) is 41.5 Å². The molecule has 1 aliphatic rings. The number of unbranched alkanes of at least 4 members (excludes halogenated alkanes) is 4. The number of hydrogen-bond donors (Lipinski definition) is 4. The van der Waals surface area contributed by atoms with E-state index >= 15 is 0 Å². The van der Waals surface area contributed by atoms with Crippen molar-refractivity contribution < 1.29 is 47.7 Å². The van der Waals surface area contributed by atoms with E-state index in [0.717, 1.165) is 35.1 Å². The van der Waals surface area contributed by atoms with Gasteiger partial charge in [0.25, 0.3) is 0 Å². The van der Waals surface area contributed by atoms with E-state index in [1.807, 2.05) is 55.5 Å². The molecule has 0 aliphatic heterocycles. The minimum atomic E-state index is -1.01. The van der Waals surface area contributed by atoms with Gasteiger partial charge in [0.05, 0.1) is 13.2 Å². The highest BCUT2D eigenvalue weighted by Gasteiger charge is 2.32. The average molecular weight is 837 g/mol. The van der Waals surface area contributed by atoms with E-state index in [2.05, 4.69) is 21.3 Å². The zero-order chi connectivity index (χ0) is 44.3. The van der Waals surface area contributed by atoms with Gasteiger partial charge in [-0.15, -0.1) is 0 Å². The predicted octanol–water partition coefficient (Wildman–Crippen LogP) is 8.10. The number of fused-ring (bicyclic) bond motifs is 3. The molecule has 0 bridgehead atoms. The van der Waals surface area contributed by atoms with E-state index in [0.29, 0.717) is 45.1 Å². The summed E-state index contributed by atoms with van der Waals surface area (Å²) in [6, 6.07) is 14.1. The molecule has 2 unspecified atom stereocenters. The first-order valence-electron chi connectivity index (χ1n) is 21.4. The van der Waals surface area contributed by atoms with Gasteiger partial charge < -0.3 is 40.2 Å². The summed E-state index contributed by atoms with van der Waals surface area (Å²) in [6.07, 6.45) is 3.18. The fraction of sp³-hybridized carbons (Fsp3) is 0.609. The molecule has 0 heterocycles. The third-order valence-corrected chi connectivity index (χ3v) is 9.98. The maximum absolute atomic E-state index is 14.2. The topological polar surface area (TPSA) is 187 Å². The molecule has 0 saturated heterocycles. The third-order valence-electron chi connectivity index (χ3n) is 9.98. The minimum absolute atomic E-state index is 0.0515. The molecule has 3 rings (SSSR count). The number of ketones is 1. The minimum Gasteiger partial charge on any atom is -0.467 e. The Hall–Kier alpha value is -5.14. The number of Topliss-reactive ketones (excluding diaryl/α,β-unsaturated/α-hetero) is 1. The zero-order valence-corrected chi connectivity index (χ0v) is 36.9. The van der Waals surface area contributed by atoms with Crippen molar-refractivity contribution in [3.05, 3.63) is 59.7 Å². The third kappa shape index (κ3) is 17.2. The molecular formula is C46H68N4O10. The number of esters is 1. The smallest absolute Gasteiger partial charge is 0.407 e. The van der Waals surface area contributed by atoms with Gasteiger partial charge in [-0.1, -0.05) is 81.1 Å². The van der Waals surface area contributed by atoms with E-state index in [4.69, 9.17) is 18.9 Å². The average Bonchev–Trinajstić information content (AvgIpc) is 3.50. The lowest BCUT2D eigenvalue weighted by Gasteiger charge is -2.24. The van der Waals surface area contributed by atoms with Gasteiger partial charge in [-0.2, -0.15) is 0 Å². The number of rotatable bonds is 23. The molecule has 0 radical (unpaired) electrons. The highest BCUT2D eigenvalue weighted by molar-refractivity contribution is 5.93. The van der Waals surface area contributed by atoms with Crippen LogP contribution in [0, 0.1) is 5.92 Å². The van der Waals surface area contributed by atoms with Crippen LogP contribution in [-0.2, 0) is 33.3 Å². The monoisotopic (exact) mass is 836 g/mol. The molecule has 2 aromatic carbocycles. The van der Waals surface area contributed by atoms with Crippen molar-refractivity contribution in [3.8, 4) is 11.1 Å². The first kappa shape index (κ1) is 49.2. The molecule has 3 atom stereocenters. The van der Waals surface area contributed by atoms with E-state index in [1.165, 1.54) is 7.11 Å². The van der Waals surface area contributed by atoms with Crippen LogP contribution < -0.4 is 21.3 Å². The Kier molecular flexibility index (Phi) is 19.9. The van der Waals surface area contributed by atoms with Gasteiger partial charge in [-0.25, -0.2) is 19.2 Å². The number of methoxy groups -OCH3 is 1. The van der Waals surface area contributed by atoms with Gasteiger partial charge in [0.2, 0.25) is 5.91 Å². The standard InChI is InChI=1S/C46H68N4O10/c1-9-10-11-26-38(41(53)57-8)49-40(52)31(20-16-18-27-47-42(54)59-45(2,3)4)29-39(51)37(25-17-19-28-48-43(55)60-46(5,6)7)50-44(56)58-30-36-34-23-14-12-21-32(34)33-22-13-15-24-35(33)36/h12-15,21-24,31,36-38H,9-11,16-20,25-30H2,1-8H3,(H,47,54)(H,48,55)(H,49,52)(H,50,56)/t31?,37-,38?/m0/s1. The quantitative estimate of drug-likeness (QED) is 0.0484. The second kappa shape index (κ2) is 24.2. The van der Waals surface area contributed by atoms with Crippen LogP contribution in [0.3, 0.4) is 0 Å². The molecule has 4 N–H and O–H groups in total. The van der Waals surface area contributed by atoms with Crippen molar-refractivity contribution >= 4 is 35.9 Å². The molecule has 0 fully saturated rings. The summed E-state index contributed by atoms with van der Waals surface area (Å²) in [5.74, 6) is -2.46. The van der Waals surface area contributed by atoms with Crippen molar-refractivity contribution in [3.63, 3.8) is 0 Å². The number of benzene rings is 2. The number of carbonyl (C=O) groups excluding carboxylic acids is 6. The van der Waals surface area contributed by atoms with Crippen LogP contribution >= 0.6 is 0 Å². The Balaban J connectivity index is 1.76. The second-order valence-corrected chi connectivity index (χ2v) is 17.3. The van der Waals surface area contributed by atoms with E-state index in [9.17, 15) is 28.8 Å². The Labute approximate surface area is 356 Å². The van der Waals surface area contributed by atoms with Crippen molar-refractivity contribution in [2.75, 3.05) is 26.8 Å². The first-order valence-corrected chi connectivity index (χ1v) is 21.4. The van der Waals surface area contributed by atoms with Crippen LogP contribution in [0.25, 0.3) is 11.1 Å². The molecule has 1 aliphatic carbocycles. The summed E-state index contributed by atoms with van der Waals surface area (Å²) in [5.41, 5.74) is 2.95. The number of carbonyl (C=O) groups is 6. The van der Waals surface area contributed by atoms with Crippen molar-refractivity contribution in [1.82, 2.24) is 21.3 Å². The largest absolute Gasteiger partial charge is 0.467 e. The summed E-state index contributed by atoms with van der Waals surface area (Å²) in [4.78, 5) is 78.7. The van der Waals surface area contributed by atoms with Gasteiger partial charge in [0.1, 0.15) is 23.9 Å². The maximum Gasteiger partial charge on any atom is 0.407 e. The van der Waals surface area contributed by atoms with Crippen molar-refractivity contribution in [1.29, 1.82) is 0 Å². The van der Waals surface area contributed by atoms with Crippen molar-refractivity contribution in [2.45, 2.75) is 148 Å². The molecule has 4 amide bonds. The van der Waals surface area contributed by atoms with Crippen LogP contribution in [0.2, 0.25) is 0 Å². The molecule has 2 aromatic rings. The Morgan fingerprint density at radius 3 is 1.65 bits per heavy atom. The predicted molar refractivity (Wildman–Crippen MR) is 229 cm³/mol. The van der Waals surface area contributed by atoms with E-state index < -0.39 is 59.4 Å². The normalized spacial score (nSPS) is 13.7. The summed E-state index contributed by atoms with van der Waals surface area (Å²) >= 11 is 0. The van der Waals surface area contributed by atoms with Crippen LogP contribution in [0.15, 0.2) is 48.5 Å². The lowest BCUT2D eigenvalue weighted by molar-refractivity contribution is -0.146. The fourth-order valence-corrected chi connectivity index (χ4v) is 7.08. The van der Waals surface area contributed by atoms with E-state index in [-0.39, 0.29) is 44.1 Å². The van der Waals surface area contributed by atoms with Crippen LogP contribution in [0.1, 0.15) is 136 Å². The van der Waals surface area contributed by atoms with Gasteiger partial charge in [0, 0.05) is 31.3 Å². The molecule has 14 nitrogen and oxygen atoms in total. The fourth-order valence-electron chi connectivity index (χ4n) is 7.08. The highest BCUT2D eigenvalue weighted by atomic mass is 16.6. The molecule has 332 valence electrons. The molecular weight excluding hydrogens is 769 g/mol. The summed E-state index contributed by atoms with van der Waals surface area (Å²) in [5, 5.41) is 11.0. The van der Waals surface area contributed by atoms with Crippen LogP contribution in [0.5, 0.6) is 0 Å². The van der Waals surface area contributed by atoms with Crippen LogP contribution in [0.4, 0.5) is 14.4 Å². The highest BCUT2D eigenvalue weighted by Crippen LogP contribution is 2.44. The summed E-state index contributed by atoms with van der Waals surface area (Å²) in [6.45, 7) is 13.3. The number of nitrogens with one attached hydrogen (secondary N) is 4. The van der Waals surface area contributed by atoms with Crippen molar-refractivity contribution in [2.24, 2.45) is 5.92 Å². The lowest BCUT2D eigenvalue weighted by atomic mass is 9.90. The number of hydrogen-bond acceptors (Lipinski definition) is 10. The Morgan fingerprint density at radius 2 is 1.13 bits per heavy atom. The molecule has 0 spiro atoms. The SMILES string of the molecule is CCCCCC(NC(=O)C(CCCCNC(=O)OC(C)(C)C)CC(=O)[C@H](CCCCNC(=O)OC(C)(C)C)NC(=O)OCC1c2ccccc2-c2ccccc21)C(=O)OC. The Morgan fingerprint density at radius 1 is 0.633 bits per heavy atom. The van der Waals surface area contributed by atoms with Crippen LogP contribution in [-0.4, -0.2) is 86.0 Å². The number of alkyl carbamates (subject to hydrolysis) is 3. The zero-order valence-electron chi connectivity index (χ0n) is 36.9.